The van der Waals surface area contributed by atoms with Gasteiger partial charge in [-0.15, -0.1) is 0 Å². The fourth-order valence-electron chi connectivity index (χ4n) is 2.25. The minimum Gasteiger partial charge on any atom is -0.355 e. The fourth-order valence-corrected chi connectivity index (χ4v) is 2.25. The molecule has 0 spiro atoms. The third-order valence-corrected chi connectivity index (χ3v) is 3.61. The van der Waals surface area contributed by atoms with Gasteiger partial charge in [-0.25, -0.2) is 0 Å². The average molecular weight is 225 g/mol. The van der Waals surface area contributed by atoms with E-state index in [1.807, 2.05) is 6.08 Å². The summed E-state index contributed by atoms with van der Waals surface area (Å²) < 4.78 is 0. The summed E-state index contributed by atoms with van der Waals surface area (Å²) in [7, 11) is 0. The van der Waals surface area contributed by atoms with Gasteiger partial charge in [-0.3, -0.25) is 0 Å². The molecule has 0 aromatic heterocycles. The monoisotopic (exact) mass is 225 g/mol. The second kappa shape index (κ2) is 4.25. The SMILES string of the molecule is C=C/C=C\C1=C(C)C(C)(C)c2ccccc2N1. The molecule has 1 aromatic rings. The molecule has 0 unspecified atom stereocenters. The molecule has 0 bridgehead atoms. The first-order valence-corrected chi connectivity index (χ1v) is 5.94. The van der Waals surface area contributed by atoms with Crippen molar-refractivity contribution >= 4 is 5.69 Å². The molecule has 1 N–H and O–H groups in total. The Balaban J connectivity index is 2.54. The van der Waals surface area contributed by atoms with Crippen LogP contribution in [0.2, 0.25) is 0 Å². The fraction of sp³-hybridized carbons (Fsp3) is 0.250. The van der Waals surface area contributed by atoms with E-state index in [-0.39, 0.29) is 5.41 Å². The molecule has 2 rings (SSSR count). The summed E-state index contributed by atoms with van der Waals surface area (Å²) in [6.45, 7) is 10.4. The molecule has 1 heteroatoms. The number of benzene rings is 1. The highest BCUT2D eigenvalue weighted by Crippen LogP contribution is 2.41. The molecular weight excluding hydrogens is 206 g/mol. The van der Waals surface area contributed by atoms with Gasteiger partial charge in [-0.2, -0.15) is 0 Å². The zero-order chi connectivity index (χ0) is 12.5. The van der Waals surface area contributed by atoms with Crippen LogP contribution < -0.4 is 5.32 Å². The van der Waals surface area contributed by atoms with Crippen molar-refractivity contribution in [2.75, 3.05) is 5.32 Å². The van der Waals surface area contributed by atoms with Crippen LogP contribution in [-0.4, -0.2) is 0 Å². The van der Waals surface area contributed by atoms with Gasteiger partial charge < -0.3 is 5.32 Å². The van der Waals surface area contributed by atoms with E-state index >= 15 is 0 Å². The smallest absolute Gasteiger partial charge is 0.0425 e. The van der Waals surface area contributed by atoms with Crippen molar-refractivity contribution in [3.63, 3.8) is 0 Å². The Labute approximate surface area is 104 Å². The van der Waals surface area contributed by atoms with E-state index in [0.29, 0.717) is 0 Å². The number of hydrogen-bond donors (Lipinski definition) is 1. The number of nitrogens with one attached hydrogen (secondary N) is 1. The quantitative estimate of drug-likeness (QED) is 0.735. The minimum atomic E-state index is 0.0721. The van der Waals surface area contributed by atoms with Crippen LogP contribution in [0.1, 0.15) is 26.3 Å². The lowest BCUT2D eigenvalue weighted by molar-refractivity contribution is 0.612. The van der Waals surface area contributed by atoms with Crippen LogP contribution in [0, 0.1) is 0 Å². The summed E-state index contributed by atoms with van der Waals surface area (Å²) in [4.78, 5) is 0. The lowest BCUT2D eigenvalue weighted by atomic mass is 9.74. The molecule has 1 aromatic carbocycles. The van der Waals surface area contributed by atoms with Gasteiger partial charge >= 0.3 is 0 Å². The summed E-state index contributed by atoms with van der Waals surface area (Å²) in [5.41, 5.74) is 5.16. The first-order chi connectivity index (χ1) is 8.07. The molecule has 1 aliphatic rings. The van der Waals surface area contributed by atoms with Gasteiger partial charge in [0.25, 0.3) is 0 Å². The molecule has 0 radical (unpaired) electrons. The van der Waals surface area contributed by atoms with E-state index in [4.69, 9.17) is 0 Å². The third-order valence-electron chi connectivity index (χ3n) is 3.61. The summed E-state index contributed by atoms with van der Waals surface area (Å²) in [5.74, 6) is 0. The summed E-state index contributed by atoms with van der Waals surface area (Å²) >= 11 is 0. The van der Waals surface area contributed by atoms with Crippen LogP contribution in [0.5, 0.6) is 0 Å². The maximum Gasteiger partial charge on any atom is 0.0425 e. The average Bonchev–Trinajstić information content (AvgIpc) is 2.32. The highest BCUT2D eigenvalue weighted by molar-refractivity contribution is 5.66. The highest BCUT2D eigenvalue weighted by Gasteiger charge is 2.30. The van der Waals surface area contributed by atoms with Crippen LogP contribution in [-0.2, 0) is 5.41 Å². The molecule has 0 amide bonds. The Hall–Kier alpha value is -1.76. The minimum absolute atomic E-state index is 0.0721. The van der Waals surface area contributed by atoms with Gasteiger partial charge in [0.1, 0.15) is 0 Å². The predicted octanol–water partition coefficient (Wildman–Crippen LogP) is 4.41. The molecule has 1 heterocycles. The molecular formula is C16H19N. The molecule has 0 aliphatic carbocycles. The van der Waals surface area contributed by atoms with Crippen molar-refractivity contribution in [2.24, 2.45) is 0 Å². The number of rotatable bonds is 2. The lowest BCUT2D eigenvalue weighted by Gasteiger charge is -2.35. The van der Waals surface area contributed by atoms with Gasteiger partial charge in [0.15, 0.2) is 0 Å². The van der Waals surface area contributed by atoms with Gasteiger partial charge in [0, 0.05) is 16.8 Å². The van der Waals surface area contributed by atoms with Crippen molar-refractivity contribution in [3.8, 4) is 0 Å². The Morgan fingerprint density at radius 3 is 2.65 bits per heavy atom. The molecule has 0 atom stereocenters. The van der Waals surface area contributed by atoms with Gasteiger partial charge in [-0.1, -0.05) is 50.8 Å². The van der Waals surface area contributed by atoms with Gasteiger partial charge in [0.2, 0.25) is 0 Å². The Kier molecular flexibility index (Phi) is 2.93. The second-order valence-corrected chi connectivity index (χ2v) is 4.93. The van der Waals surface area contributed by atoms with Crippen molar-refractivity contribution in [1.82, 2.24) is 0 Å². The third kappa shape index (κ3) is 1.93. The number of allylic oxidation sites excluding steroid dienone is 4. The van der Waals surface area contributed by atoms with Crippen molar-refractivity contribution in [1.29, 1.82) is 0 Å². The van der Waals surface area contributed by atoms with Gasteiger partial charge in [0.05, 0.1) is 0 Å². The lowest BCUT2D eigenvalue weighted by Crippen LogP contribution is -2.27. The Morgan fingerprint density at radius 2 is 1.94 bits per heavy atom. The van der Waals surface area contributed by atoms with Crippen molar-refractivity contribution in [3.05, 3.63) is 65.9 Å². The summed E-state index contributed by atoms with van der Waals surface area (Å²) in [6, 6.07) is 8.49. The largest absolute Gasteiger partial charge is 0.355 e. The zero-order valence-electron chi connectivity index (χ0n) is 10.7. The molecule has 88 valence electrons. The highest BCUT2D eigenvalue weighted by atomic mass is 14.9. The molecule has 17 heavy (non-hydrogen) atoms. The zero-order valence-corrected chi connectivity index (χ0v) is 10.7. The van der Waals surface area contributed by atoms with E-state index in [9.17, 15) is 0 Å². The molecule has 0 saturated carbocycles. The van der Waals surface area contributed by atoms with Gasteiger partial charge in [-0.05, 0) is 30.2 Å². The number of hydrogen-bond acceptors (Lipinski definition) is 1. The molecule has 0 saturated heterocycles. The van der Waals surface area contributed by atoms with E-state index in [0.717, 1.165) is 0 Å². The van der Waals surface area contributed by atoms with Crippen LogP contribution in [0.3, 0.4) is 0 Å². The Morgan fingerprint density at radius 1 is 1.24 bits per heavy atom. The van der Waals surface area contributed by atoms with Crippen LogP contribution >= 0.6 is 0 Å². The first-order valence-electron chi connectivity index (χ1n) is 5.94. The number of para-hydroxylation sites is 1. The van der Waals surface area contributed by atoms with Crippen LogP contribution in [0.15, 0.2) is 60.3 Å². The van der Waals surface area contributed by atoms with E-state index in [1.54, 1.807) is 6.08 Å². The van der Waals surface area contributed by atoms with Crippen LogP contribution in [0.25, 0.3) is 0 Å². The molecule has 0 fully saturated rings. The van der Waals surface area contributed by atoms with Crippen molar-refractivity contribution in [2.45, 2.75) is 26.2 Å². The summed E-state index contributed by atoms with van der Waals surface area (Å²) in [6.07, 6.45) is 5.85. The maximum atomic E-state index is 3.71. The predicted molar refractivity (Wildman–Crippen MR) is 75.1 cm³/mol. The molecule has 1 aliphatic heterocycles. The maximum absolute atomic E-state index is 3.71. The van der Waals surface area contributed by atoms with E-state index < -0.39 is 0 Å². The number of anilines is 1. The normalized spacial score (nSPS) is 17.8. The first kappa shape index (κ1) is 11.7. The number of fused-ring (bicyclic) bond motifs is 1. The summed E-state index contributed by atoms with van der Waals surface area (Å²) in [5, 5.41) is 3.48. The second-order valence-electron chi connectivity index (χ2n) is 4.93. The Bertz CT molecular complexity index is 504. The van der Waals surface area contributed by atoms with Crippen LogP contribution in [0.4, 0.5) is 5.69 Å². The topological polar surface area (TPSA) is 12.0 Å². The van der Waals surface area contributed by atoms with Crippen molar-refractivity contribution < 1.29 is 0 Å². The van der Waals surface area contributed by atoms with E-state index in [2.05, 4.69) is 63.0 Å². The molecule has 1 nitrogen and oxygen atoms in total. The standard InChI is InChI=1S/C16H19N/c1-5-6-10-14-12(2)16(3,4)13-9-7-8-11-15(13)17-14/h5-11,17H,1H2,2-4H3/b10-6-. The van der Waals surface area contributed by atoms with E-state index in [1.165, 1.54) is 22.5 Å².